The highest BCUT2D eigenvalue weighted by atomic mass is 19.1. The molecular formula is C17H26F2N2. The molecule has 0 bridgehead atoms. The van der Waals surface area contributed by atoms with Crippen molar-refractivity contribution in [2.24, 2.45) is 11.8 Å². The normalized spacial score (nSPS) is 21.5. The van der Waals surface area contributed by atoms with Gasteiger partial charge in [0.05, 0.1) is 0 Å². The number of hydrogen-bond donors (Lipinski definition) is 1. The number of nitrogens with one attached hydrogen (secondary N) is 1. The van der Waals surface area contributed by atoms with Crippen LogP contribution in [0.4, 0.5) is 14.5 Å². The zero-order valence-electron chi connectivity index (χ0n) is 13.6. The third-order valence-corrected chi connectivity index (χ3v) is 4.07. The molecule has 1 N–H and O–H groups in total. The smallest absolute Gasteiger partial charge is 0.149 e. The lowest BCUT2D eigenvalue weighted by Gasteiger charge is -2.23. The molecule has 21 heavy (non-hydrogen) atoms. The minimum atomic E-state index is -0.475. The Balaban J connectivity index is 2.09. The predicted molar refractivity (Wildman–Crippen MR) is 83.5 cm³/mol. The van der Waals surface area contributed by atoms with E-state index in [4.69, 9.17) is 0 Å². The topological polar surface area (TPSA) is 15.3 Å². The van der Waals surface area contributed by atoms with Crippen LogP contribution in [0.25, 0.3) is 0 Å². The predicted octanol–water partition coefficient (Wildman–Crippen LogP) is 3.95. The van der Waals surface area contributed by atoms with Crippen molar-refractivity contribution in [2.75, 3.05) is 18.5 Å². The van der Waals surface area contributed by atoms with Crippen molar-refractivity contribution < 1.29 is 8.78 Å². The van der Waals surface area contributed by atoms with Crippen molar-refractivity contribution >= 4 is 5.69 Å². The molecule has 2 rings (SSSR count). The van der Waals surface area contributed by atoms with E-state index >= 15 is 0 Å². The molecule has 1 aliphatic carbocycles. The lowest BCUT2D eigenvalue weighted by Crippen LogP contribution is -2.35. The van der Waals surface area contributed by atoms with E-state index in [0.29, 0.717) is 30.5 Å². The van der Waals surface area contributed by atoms with Gasteiger partial charge in [0, 0.05) is 25.7 Å². The molecule has 0 aromatic heterocycles. The summed E-state index contributed by atoms with van der Waals surface area (Å²) in [4.78, 5) is 1.71. The van der Waals surface area contributed by atoms with Crippen LogP contribution in [0.2, 0.25) is 0 Å². The Bertz CT molecular complexity index is 485. The highest BCUT2D eigenvalue weighted by Crippen LogP contribution is 2.39. The first-order chi connectivity index (χ1) is 9.67. The summed E-state index contributed by atoms with van der Waals surface area (Å²) >= 11 is 0. The van der Waals surface area contributed by atoms with Gasteiger partial charge in [0.15, 0.2) is 0 Å². The molecule has 2 unspecified atom stereocenters. The molecule has 2 nitrogen and oxygen atoms in total. The monoisotopic (exact) mass is 296 g/mol. The maximum Gasteiger partial charge on any atom is 0.149 e. The summed E-state index contributed by atoms with van der Waals surface area (Å²) in [5.74, 6) is 0.290. The number of hydrogen-bond acceptors (Lipinski definition) is 2. The van der Waals surface area contributed by atoms with Gasteiger partial charge in [0.2, 0.25) is 0 Å². The van der Waals surface area contributed by atoms with Gasteiger partial charge < -0.3 is 10.2 Å². The van der Waals surface area contributed by atoms with E-state index < -0.39 is 11.6 Å². The van der Waals surface area contributed by atoms with E-state index in [1.807, 2.05) is 20.8 Å². The summed E-state index contributed by atoms with van der Waals surface area (Å²) in [7, 11) is 1.76. The van der Waals surface area contributed by atoms with Crippen molar-refractivity contribution in [1.82, 2.24) is 5.32 Å². The Morgan fingerprint density at radius 1 is 1.24 bits per heavy atom. The minimum absolute atomic E-state index is 0.0788. The largest absolute Gasteiger partial charge is 0.370 e. The molecule has 1 aliphatic rings. The fraction of sp³-hybridized carbons (Fsp3) is 0.647. The molecule has 0 radical (unpaired) electrons. The summed E-state index contributed by atoms with van der Waals surface area (Å²) in [6, 6.07) is 2.87. The molecular weight excluding hydrogens is 270 g/mol. The molecule has 118 valence electrons. The summed E-state index contributed by atoms with van der Waals surface area (Å²) in [5, 5.41) is 3.24. The zero-order valence-corrected chi connectivity index (χ0v) is 13.6. The fourth-order valence-electron chi connectivity index (χ4n) is 2.55. The summed E-state index contributed by atoms with van der Waals surface area (Å²) in [6.45, 7) is 9.43. The van der Waals surface area contributed by atoms with E-state index in [-0.39, 0.29) is 11.2 Å². The van der Waals surface area contributed by atoms with Crippen LogP contribution < -0.4 is 10.2 Å². The van der Waals surface area contributed by atoms with Gasteiger partial charge in [-0.2, -0.15) is 0 Å². The highest BCUT2D eigenvalue weighted by Gasteiger charge is 2.34. The molecule has 1 saturated carbocycles. The first-order valence-corrected chi connectivity index (χ1v) is 7.61. The lowest BCUT2D eigenvalue weighted by molar-refractivity contribution is 0.422. The second-order valence-corrected chi connectivity index (χ2v) is 7.37. The van der Waals surface area contributed by atoms with Crippen molar-refractivity contribution in [3.8, 4) is 0 Å². The van der Waals surface area contributed by atoms with Crippen LogP contribution in [0, 0.1) is 23.5 Å². The Kier molecular flexibility index (Phi) is 4.57. The van der Waals surface area contributed by atoms with E-state index in [1.54, 1.807) is 11.9 Å². The molecule has 4 heteroatoms. The van der Waals surface area contributed by atoms with Crippen LogP contribution in [0.15, 0.2) is 12.1 Å². The zero-order chi connectivity index (χ0) is 15.8. The van der Waals surface area contributed by atoms with Crippen LogP contribution in [-0.2, 0) is 6.54 Å². The van der Waals surface area contributed by atoms with Crippen molar-refractivity contribution in [2.45, 2.75) is 46.2 Å². The van der Waals surface area contributed by atoms with Crippen LogP contribution in [0.5, 0.6) is 0 Å². The Morgan fingerprint density at radius 3 is 2.19 bits per heavy atom. The van der Waals surface area contributed by atoms with Gasteiger partial charge in [-0.15, -0.1) is 0 Å². The fourth-order valence-corrected chi connectivity index (χ4v) is 2.55. The van der Waals surface area contributed by atoms with E-state index in [9.17, 15) is 8.78 Å². The van der Waals surface area contributed by atoms with Gasteiger partial charge in [0.1, 0.15) is 17.3 Å². The average Bonchev–Trinajstić information content (AvgIpc) is 3.00. The van der Waals surface area contributed by atoms with E-state index in [2.05, 4.69) is 12.2 Å². The molecule has 1 fully saturated rings. The second-order valence-electron chi connectivity index (χ2n) is 7.37. The van der Waals surface area contributed by atoms with Gasteiger partial charge in [-0.1, -0.05) is 6.92 Å². The second kappa shape index (κ2) is 5.91. The van der Waals surface area contributed by atoms with Crippen LogP contribution >= 0.6 is 0 Å². The molecule has 1 aromatic carbocycles. The maximum absolute atomic E-state index is 14.2. The van der Waals surface area contributed by atoms with Crippen molar-refractivity contribution in [1.29, 1.82) is 0 Å². The first kappa shape index (κ1) is 16.2. The van der Waals surface area contributed by atoms with E-state index in [1.165, 1.54) is 12.1 Å². The summed E-state index contributed by atoms with van der Waals surface area (Å²) in [5.41, 5.74) is 0.648. The average molecular weight is 296 g/mol. The lowest BCUT2D eigenvalue weighted by atomic mass is 10.1. The standard InChI is InChI=1S/C17H26F2N2/c1-11-6-13(11)10-21(5)16-14(18)7-12(8-15(16)19)9-20-17(2,3)4/h7-8,11,13,20H,6,9-10H2,1-5H3. The molecule has 0 amide bonds. The summed E-state index contributed by atoms with van der Waals surface area (Å²) in [6.07, 6.45) is 1.15. The number of benzene rings is 1. The van der Waals surface area contributed by atoms with Crippen LogP contribution in [0.1, 0.15) is 39.7 Å². The van der Waals surface area contributed by atoms with E-state index in [0.717, 1.165) is 6.42 Å². The Morgan fingerprint density at radius 2 is 1.76 bits per heavy atom. The molecule has 1 aromatic rings. The van der Waals surface area contributed by atoms with Gasteiger partial charge in [-0.3, -0.25) is 0 Å². The number of halogens is 2. The first-order valence-electron chi connectivity index (χ1n) is 7.61. The summed E-state index contributed by atoms with van der Waals surface area (Å²) < 4.78 is 28.5. The van der Waals surface area contributed by atoms with Crippen molar-refractivity contribution in [3.05, 3.63) is 29.3 Å². The van der Waals surface area contributed by atoms with Crippen molar-refractivity contribution in [3.63, 3.8) is 0 Å². The van der Waals surface area contributed by atoms with Crippen LogP contribution in [-0.4, -0.2) is 19.1 Å². The molecule has 0 aliphatic heterocycles. The third-order valence-electron chi connectivity index (χ3n) is 4.07. The molecule has 2 atom stereocenters. The number of rotatable bonds is 5. The van der Waals surface area contributed by atoms with Gasteiger partial charge in [0.25, 0.3) is 0 Å². The Hall–Kier alpha value is -1.16. The van der Waals surface area contributed by atoms with Gasteiger partial charge in [-0.25, -0.2) is 8.78 Å². The minimum Gasteiger partial charge on any atom is -0.370 e. The SMILES string of the molecule is CC1CC1CN(C)c1c(F)cc(CNC(C)(C)C)cc1F. The maximum atomic E-state index is 14.2. The van der Waals surface area contributed by atoms with Gasteiger partial charge in [-0.05, 0) is 56.7 Å². The number of nitrogens with zero attached hydrogens (tertiary/aromatic N) is 1. The third kappa shape index (κ3) is 4.40. The van der Waals surface area contributed by atoms with Crippen LogP contribution in [0.3, 0.4) is 0 Å². The molecule has 0 heterocycles. The van der Waals surface area contributed by atoms with Gasteiger partial charge >= 0.3 is 0 Å². The quantitative estimate of drug-likeness (QED) is 0.885. The Labute approximate surface area is 126 Å². The molecule has 0 saturated heterocycles. The highest BCUT2D eigenvalue weighted by molar-refractivity contribution is 5.50. The molecule has 0 spiro atoms. The number of anilines is 1.